The van der Waals surface area contributed by atoms with Gasteiger partial charge in [0.05, 0.1) is 11.9 Å². The molecule has 7 nitrogen and oxygen atoms in total. The Kier molecular flexibility index (Phi) is 12.5. The number of rotatable bonds is 14. The molecule has 0 heterocycles. The highest BCUT2D eigenvalue weighted by Gasteiger charge is 2.32. The predicted molar refractivity (Wildman–Crippen MR) is 176 cm³/mol. The molecular weight excluding hydrogens is 605 g/mol. The number of aryl methyl sites for hydroxylation is 2. The molecule has 0 unspecified atom stereocenters. The number of halogens is 2. The average molecular weight is 647 g/mol. The first kappa shape index (κ1) is 34.4. The zero-order valence-corrected chi connectivity index (χ0v) is 27.8. The second kappa shape index (κ2) is 15.6. The van der Waals surface area contributed by atoms with Gasteiger partial charge in [-0.2, -0.15) is 0 Å². The van der Waals surface area contributed by atoms with Gasteiger partial charge in [0.15, 0.2) is 0 Å². The highest BCUT2D eigenvalue weighted by molar-refractivity contribution is 7.92. The van der Waals surface area contributed by atoms with Crippen molar-refractivity contribution in [1.29, 1.82) is 0 Å². The van der Waals surface area contributed by atoms with E-state index in [2.05, 4.69) is 5.32 Å². The lowest BCUT2D eigenvalue weighted by Crippen LogP contribution is -2.52. The second-order valence-corrected chi connectivity index (χ2v) is 13.7. The number of nitrogens with one attached hydrogen (secondary N) is 1. The Morgan fingerprint density at radius 2 is 1.60 bits per heavy atom. The minimum atomic E-state index is -3.61. The maximum absolute atomic E-state index is 14.0. The molecule has 0 saturated carbocycles. The van der Waals surface area contributed by atoms with Gasteiger partial charge in [-0.05, 0) is 68.5 Å². The van der Waals surface area contributed by atoms with Gasteiger partial charge < -0.3 is 10.2 Å². The van der Waals surface area contributed by atoms with E-state index < -0.39 is 16.1 Å². The number of carbonyl (C=O) groups is 2. The summed E-state index contributed by atoms with van der Waals surface area (Å²) in [4.78, 5) is 29.3. The third kappa shape index (κ3) is 9.71. The van der Waals surface area contributed by atoms with Crippen molar-refractivity contribution in [2.45, 2.75) is 72.0 Å². The van der Waals surface area contributed by atoms with Crippen LogP contribution in [0.1, 0.15) is 55.4 Å². The lowest BCUT2D eigenvalue weighted by Gasteiger charge is -2.33. The van der Waals surface area contributed by atoms with E-state index in [9.17, 15) is 18.0 Å². The number of benzene rings is 3. The van der Waals surface area contributed by atoms with Crippen LogP contribution in [0.3, 0.4) is 0 Å². The molecule has 0 spiro atoms. The molecule has 0 aromatic heterocycles. The van der Waals surface area contributed by atoms with Crippen LogP contribution < -0.4 is 9.62 Å². The van der Waals surface area contributed by atoms with Crippen LogP contribution in [0.5, 0.6) is 0 Å². The van der Waals surface area contributed by atoms with Crippen molar-refractivity contribution >= 4 is 50.7 Å². The lowest BCUT2D eigenvalue weighted by atomic mass is 10.0. The van der Waals surface area contributed by atoms with E-state index in [4.69, 9.17) is 23.2 Å². The summed E-state index contributed by atoms with van der Waals surface area (Å²) >= 11 is 13.0. The first-order valence-corrected chi connectivity index (χ1v) is 17.0. The molecule has 3 rings (SSSR count). The molecule has 3 aromatic rings. The van der Waals surface area contributed by atoms with Crippen LogP contribution in [0, 0.1) is 13.8 Å². The van der Waals surface area contributed by atoms with Gasteiger partial charge >= 0.3 is 0 Å². The van der Waals surface area contributed by atoms with Gasteiger partial charge in [-0.3, -0.25) is 13.9 Å². The van der Waals surface area contributed by atoms with Crippen LogP contribution in [-0.4, -0.2) is 50.0 Å². The van der Waals surface area contributed by atoms with E-state index in [1.807, 2.05) is 76.2 Å². The van der Waals surface area contributed by atoms with Crippen LogP contribution in [0.25, 0.3) is 0 Å². The largest absolute Gasteiger partial charge is 0.352 e. The van der Waals surface area contributed by atoms with Gasteiger partial charge in [-0.25, -0.2) is 8.42 Å². The lowest BCUT2D eigenvalue weighted by molar-refractivity contribution is -0.141. The van der Waals surface area contributed by atoms with Crippen molar-refractivity contribution in [3.63, 3.8) is 0 Å². The molecule has 2 atom stereocenters. The Morgan fingerprint density at radius 3 is 2.21 bits per heavy atom. The van der Waals surface area contributed by atoms with E-state index in [0.717, 1.165) is 29.4 Å². The Labute approximate surface area is 266 Å². The van der Waals surface area contributed by atoms with E-state index in [-0.39, 0.29) is 50.2 Å². The fourth-order valence-electron chi connectivity index (χ4n) is 4.82. The first-order valence-electron chi connectivity index (χ1n) is 14.4. The van der Waals surface area contributed by atoms with Crippen LogP contribution in [0.15, 0.2) is 66.7 Å². The number of carbonyl (C=O) groups excluding carboxylic acids is 2. The van der Waals surface area contributed by atoms with Crippen molar-refractivity contribution in [2.24, 2.45) is 0 Å². The monoisotopic (exact) mass is 645 g/mol. The van der Waals surface area contributed by atoms with E-state index in [1.54, 1.807) is 18.2 Å². The highest BCUT2D eigenvalue weighted by Crippen LogP contribution is 2.28. The standard InChI is InChI=1S/C33H41Cl2N3O4S/c1-6-25(4)36-33(40)31(21-26-12-8-7-9-13-26)37(22-27-28(34)14-10-15-29(27)35)32(39)16-11-19-38(43(5,41)42)30-20-23(2)17-18-24(30)3/h7-10,12-15,17-18,20,25,31H,6,11,16,19,21-22H2,1-5H3,(H,36,40)/t25-,31+/m0/s1. The Hall–Kier alpha value is -3.07. The molecule has 3 aromatic carbocycles. The fourth-order valence-corrected chi connectivity index (χ4v) is 6.35. The maximum atomic E-state index is 14.0. The van der Waals surface area contributed by atoms with Gasteiger partial charge in [-0.15, -0.1) is 0 Å². The average Bonchev–Trinajstić information content (AvgIpc) is 2.95. The molecule has 0 saturated heterocycles. The molecule has 0 fully saturated rings. The molecule has 2 amide bonds. The SMILES string of the molecule is CC[C@H](C)NC(=O)[C@@H](Cc1ccccc1)N(Cc1c(Cl)cccc1Cl)C(=O)CCCN(c1cc(C)ccc1C)S(C)(=O)=O. The smallest absolute Gasteiger partial charge is 0.243 e. The molecule has 0 radical (unpaired) electrons. The predicted octanol–water partition coefficient (Wildman–Crippen LogP) is 6.71. The second-order valence-electron chi connectivity index (χ2n) is 11.0. The van der Waals surface area contributed by atoms with Crippen molar-refractivity contribution < 1.29 is 18.0 Å². The minimum Gasteiger partial charge on any atom is -0.352 e. The number of anilines is 1. The summed E-state index contributed by atoms with van der Waals surface area (Å²) in [5, 5.41) is 3.83. The van der Waals surface area contributed by atoms with E-state index in [1.165, 1.54) is 9.21 Å². The van der Waals surface area contributed by atoms with Crippen molar-refractivity contribution in [3.8, 4) is 0 Å². The van der Waals surface area contributed by atoms with E-state index in [0.29, 0.717) is 21.3 Å². The van der Waals surface area contributed by atoms with Crippen LogP contribution in [0.2, 0.25) is 10.0 Å². The van der Waals surface area contributed by atoms with Crippen LogP contribution in [0.4, 0.5) is 5.69 Å². The number of hydrogen-bond donors (Lipinski definition) is 1. The minimum absolute atomic E-state index is 0.0147. The summed E-state index contributed by atoms with van der Waals surface area (Å²) in [6.07, 6.45) is 2.44. The van der Waals surface area contributed by atoms with Crippen LogP contribution in [-0.2, 0) is 32.6 Å². The van der Waals surface area contributed by atoms with Gasteiger partial charge in [0.2, 0.25) is 21.8 Å². The Bertz CT molecular complexity index is 1500. The van der Waals surface area contributed by atoms with Crippen molar-refractivity contribution in [3.05, 3.63) is 99.0 Å². The quantitative estimate of drug-likeness (QED) is 0.211. The molecule has 1 N–H and O–H groups in total. The fraction of sp³-hybridized carbons (Fsp3) is 0.394. The van der Waals surface area contributed by atoms with Gasteiger partial charge in [0.25, 0.3) is 0 Å². The third-order valence-electron chi connectivity index (χ3n) is 7.45. The molecule has 0 aliphatic heterocycles. The normalized spacial score (nSPS) is 12.8. The summed E-state index contributed by atoms with van der Waals surface area (Å²) in [5.74, 6) is -0.575. The molecular formula is C33H41Cl2N3O4S. The zero-order valence-electron chi connectivity index (χ0n) is 25.4. The summed E-state index contributed by atoms with van der Waals surface area (Å²) in [6.45, 7) is 7.79. The summed E-state index contributed by atoms with van der Waals surface area (Å²) in [7, 11) is -3.61. The molecule has 232 valence electrons. The maximum Gasteiger partial charge on any atom is 0.243 e. The molecule has 10 heteroatoms. The highest BCUT2D eigenvalue weighted by atomic mass is 35.5. The first-order chi connectivity index (χ1) is 20.3. The topological polar surface area (TPSA) is 86.8 Å². The van der Waals surface area contributed by atoms with Gasteiger partial charge in [0, 0.05) is 47.6 Å². The zero-order chi connectivity index (χ0) is 31.7. The Morgan fingerprint density at radius 1 is 0.953 bits per heavy atom. The van der Waals surface area contributed by atoms with Crippen LogP contribution >= 0.6 is 23.2 Å². The summed E-state index contributed by atoms with van der Waals surface area (Å²) in [5.41, 5.74) is 3.78. The molecule has 0 aliphatic rings. The molecule has 43 heavy (non-hydrogen) atoms. The number of sulfonamides is 1. The Balaban J connectivity index is 1.95. The number of nitrogens with zero attached hydrogens (tertiary/aromatic N) is 2. The van der Waals surface area contributed by atoms with Crippen molar-refractivity contribution in [2.75, 3.05) is 17.1 Å². The molecule has 0 aliphatic carbocycles. The van der Waals surface area contributed by atoms with Gasteiger partial charge in [0.1, 0.15) is 6.04 Å². The summed E-state index contributed by atoms with van der Waals surface area (Å²) in [6, 6.07) is 19.4. The molecule has 0 bridgehead atoms. The van der Waals surface area contributed by atoms with Crippen molar-refractivity contribution in [1.82, 2.24) is 10.2 Å². The van der Waals surface area contributed by atoms with Gasteiger partial charge in [-0.1, -0.05) is 78.7 Å². The van der Waals surface area contributed by atoms with E-state index >= 15 is 0 Å². The number of hydrogen-bond acceptors (Lipinski definition) is 4. The number of amides is 2. The summed E-state index contributed by atoms with van der Waals surface area (Å²) < 4.78 is 26.9. The third-order valence-corrected chi connectivity index (χ3v) is 9.34.